The van der Waals surface area contributed by atoms with Crippen molar-refractivity contribution in [2.75, 3.05) is 25.1 Å². The van der Waals surface area contributed by atoms with Crippen molar-refractivity contribution in [2.45, 2.75) is 30.7 Å². The van der Waals surface area contributed by atoms with Crippen LogP contribution in [0.3, 0.4) is 0 Å². The number of hydrazone groups is 1. The van der Waals surface area contributed by atoms with E-state index in [1.165, 1.54) is 11.1 Å². The lowest BCUT2D eigenvalue weighted by Crippen LogP contribution is -2.31. The van der Waals surface area contributed by atoms with Crippen LogP contribution in [0, 0.1) is 0 Å². The highest BCUT2D eigenvalue weighted by molar-refractivity contribution is 7.98. The Morgan fingerprint density at radius 2 is 2.03 bits per heavy atom. The number of thioether (sulfide) groups is 1. The lowest BCUT2D eigenvalue weighted by Gasteiger charge is -2.25. The highest BCUT2D eigenvalue weighted by atomic mass is 32.2. The van der Waals surface area contributed by atoms with Gasteiger partial charge in [-0.25, -0.2) is 10.1 Å². The number of likely N-dealkylation sites (tertiary alicyclic amines) is 1. The summed E-state index contributed by atoms with van der Waals surface area (Å²) in [4.78, 5) is 16.4. The SMILES string of the molecule is CSc1ccc(/C=N/NC(=O)c2c(CN3CCCCC3)nnn2-c2nonc2N)cc1. The molecule has 1 aromatic carbocycles. The van der Waals surface area contributed by atoms with Crippen LogP contribution in [0.1, 0.15) is 41.0 Å². The van der Waals surface area contributed by atoms with E-state index in [0.717, 1.165) is 36.4 Å². The Morgan fingerprint density at radius 3 is 2.71 bits per heavy atom. The summed E-state index contributed by atoms with van der Waals surface area (Å²) in [6.45, 7) is 2.39. The first-order valence-electron chi connectivity index (χ1n) is 9.88. The molecule has 12 heteroatoms. The number of carbonyl (C=O) groups is 1. The number of carbonyl (C=O) groups excluding carboxylic acids is 1. The average molecular weight is 442 g/mol. The fourth-order valence-corrected chi connectivity index (χ4v) is 3.78. The number of piperidine rings is 1. The van der Waals surface area contributed by atoms with Gasteiger partial charge in [-0.15, -0.1) is 16.9 Å². The topological polar surface area (TPSA) is 140 Å². The van der Waals surface area contributed by atoms with E-state index in [1.54, 1.807) is 18.0 Å². The Morgan fingerprint density at radius 1 is 1.26 bits per heavy atom. The average Bonchev–Trinajstić information content (AvgIpc) is 3.40. The molecular formula is C19H23N9O2S. The van der Waals surface area contributed by atoms with Crippen LogP contribution in [0.4, 0.5) is 5.82 Å². The van der Waals surface area contributed by atoms with Gasteiger partial charge < -0.3 is 5.73 Å². The van der Waals surface area contributed by atoms with Gasteiger partial charge in [-0.2, -0.15) is 9.78 Å². The summed E-state index contributed by atoms with van der Waals surface area (Å²) in [5.41, 5.74) is 9.93. The van der Waals surface area contributed by atoms with E-state index in [2.05, 4.69) is 40.7 Å². The molecule has 3 N–H and O–H groups in total. The third kappa shape index (κ3) is 4.91. The largest absolute Gasteiger partial charge is 0.378 e. The lowest BCUT2D eigenvalue weighted by molar-refractivity contribution is 0.0944. The number of hydrogen-bond donors (Lipinski definition) is 2. The van der Waals surface area contributed by atoms with Crippen molar-refractivity contribution in [2.24, 2.45) is 5.10 Å². The summed E-state index contributed by atoms with van der Waals surface area (Å²) in [6.07, 6.45) is 7.04. The molecule has 0 atom stereocenters. The molecule has 31 heavy (non-hydrogen) atoms. The summed E-state index contributed by atoms with van der Waals surface area (Å²) in [7, 11) is 0. The molecule has 0 aliphatic carbocycles. The molecule has 3 aromatic rings. The quantitative estimate of drug-likeness (QED) is 0.318. The van der Waals surface area contributed by atoms with E-state index >= 15 is 0 Å². The Labute approximate surface area is 183 Å². The van der Waals surface area contributed by atoms with E-state index in [9.17, 15) is 4.79 Å². The van der Waals surface area contributed by atoms with E-state index < -0.39 is 5.91 Å². The molecule has 1 fully saturated rings. The van der Waals surface area contributed by atoms with Crippen molar-refractivity contribution < 1.29 is 9.42 Å². The van der Waals surface area contributed by atoms with Gasteiger partial charge in [-0.05, 0) is 60.2 Å². The van der Waals surface area contributed by atoms with Gasteiger partial charge in [0.05, 0.1) is 6.21 Å². The van der Waals surface area contributed by atoms with Gasteiger partial charge in [0.1, 0.15) is 5.69 Å². The second kappa shape index (κ2) is 9.71. The minimum atomic E-state index is -0.476. The summed E-state index contributed by atoms with van der Waals surface area (Å²) < 4.78 is 5.90. The maximum atomic E-state index is 13.0. The smallest absolute Gasteiger partial charge is 0.292 e. The third-order valence-electron chi connectivity index (χ3n) is 4.97. The molecule has 1 amide bonds. The van der Waals surface area contributed by atoms with Crippen LogP contribution >= 0.6 is 11.8 Å². The van der Waals surface area contributed by atoms with Gasteiger partial charge in [0.2, 0.25) is 11.6 Å². The Kier molecular flexibility index (Phi) is 6.57. The minimum Gasteiger partial charge on any atom is -0.378 e. The fraction of sp³-hybridized carbons (Fsp3) is 0.368. The van der Waals surface area contributed by atoms with Crippen molar-refractivity contribution in [3.8, 4) is 5.82 Å². The van der Waals surface area contributed by atoms with Gasteiger partial charge in [0.25, 0.3) is 5.91 Å². The van der Waals surface area contributed by atoms with Crippen LogP contribution in [0.25, 0.3) is 5.82 Å². The maximum absolute atomic E-state index is 13.0. The Bertz CT molecular complexity index is 1050. The molecule has 11 nitrogen and oxygen atoms in total. The molecule has 4 rings (SSSR count). The zero-order valence-corrected chi connectivity index (χ0v) is 17.9. The molecule has 0 spiro atoms. The Hall–Kier alpha value is -3.25. The summed E-state index contributed by atoms with van der Waals surface area (Å²) in [5.74, 6) is -0.351. The number of hydrogen-bond acceptors (Lipinski definition) is 10. The number of nitrogens with one attached hydrogen (secondary N) is 1. The van der Waals surface area contributed by atoms with E-state index in [0.29, 0.717) is 12.2 Å². The standard InChI is InChI=1S/C19H23N9O2S/c1-31-14-7-5-13(6-8-14)11-21-23-19(29)16-15(12-27-9-3-2-4-10-27)22-26-28(16)18-17(20)24-30-25-18/h5-8,11H,2-4,9-10,12H2,1H3,(H2,20,24)(H,23,29)/b21-11+. The van der Waals surface area contributed by atoms with Crippen LogP contribution in [0.15, 0.2) is 38.9 Å². The van der Waals surface area contributed by atoms with Crippen molar-refractivity contribution >= 4 is 29.7 Å². The van der Waals surface area contributed by atoms with E-state index in [-0.39, 0.29) is 17.3 Å². The van der Waals surface area contributed by atoms with E-state index in [4.69, 9.17) is 5.73 Å². The van der Waals surface area contributed by atoms with Crippen molar-refractivity contribution in [1.29, 1.82) is 0 Å². The first-order chi connectivity index (χ1) is 15.2. The van der Waals surface area contributed by atoms with Gasteiger partial charge in [0, 0.05) is 11.4 Å². The van der Waals surface area contributed by atoms with Gasteiger partial charge in [-0.1, -0.05) is 23.8 Å². The van der Waals surface area contributed by atoms with Gasteiger partial charge in [0.15, 0.2) is 5.69 Å². The number of aromatic nitrogens is 5. The van der Waals surface area contributed by atoms with Gasteiger partial charge >= 0.3 is 0 Å². The molecule has 1 aliphatic heterocycles. The Balaban J connectivity index is 1.56. The third-order valence-corrected chi connectivity index (χ3v) is 5.71. The number of nitrogens with two attached hydrogens (primary N) is 1. The van der Waals surface area contributed by atoms with Crippen molar-refractivity contribution in [1.82, 2.24) is 35.6 Å². The summed E-state index contributed by atoms with van der Waals surface area (Å²) >= 11 is 1.66. The van der Waals surface area contributed by atoms with Crippen LogP contribution in [-0.4, -0.2) is 61.7 Å². The van der Waals surface area contributed by atoms with Crippen molar-refractivity contribution in [3.63, 3.8) is 0 Å². The number of nitrogens with zero attached hydrogens (tertiary/aromatic N) is 7. The van der Waals surface area contributed by atoms with Crippen LogP contribution < -0.4 is 11.2 Å². The zero-order valence-electron chi connectivity index (χ0n) is 17.1. The second-order valence-corrected chi connectivity index (χ2v) is 7.96. The molecule has 0 radical (unpaired) electrons. The molecule has 2 aromatic heterocycles. The predicted octanol–water partition coefficient (Wildman–Crippen LogP) is 1.70. The molecular weight excluding hydrogens is 418 g/mol. The molecule has 3 heterocycles. The molecule has 1 saturated heterocycles. The molecule has 1 aliphatic rings. The molecule has 162 valence electrons. The molecule has 0 unspecified atom stereocenters. The van der Waals surface area contributed by atoms with Crippen LogP contribution in [-0.2, 0) is 6.54 Å². The van der Waals surface area contributed by atoms with Crippen LogP contribution in [0.2, 0.25) is 0 Å². The summed E-state index contributed by atoms with van der Waals surface area (Å²) in [5, 5.41) is 19.7. The first kappa shape index (κ1) is 21.0. The van der Waals surface area contributed by atoms with Crippen molar-refractivity contribution in [3.05, 3.63) is 41.2 Å². The number of amides is 1. The fourth-order valence-electron chi connectivity index (χ4n) is 3.37. The maximum Gasteiger partial charge on any atom is 0.292 e. The molecule has 0 bridgehead atoms. The predicted molar refractivity (Wildman–Crippen MR) is 116 cm³/mol. The zero-order chi connectivity index (χ0) is 21.6. The lowest BCUT2D eigenvalue weighted by atomic mass is 10.1. The molecule has 0 saturated carbocycles. The van der Waals surface area contributed by atoms with Gasteiger partial charge in [-0.3, -0.25) is 9.69 Å². The number of anilines is 1. The van der Waals surface area contributed by atoms with E-state index in [1.807, 2.05) is 30.5 Å². The number of benzene rings is 1. The monoisotopic (exact) mass is 441 g/mol. The minimum absolute atomic E-state index is 0.0147. The first-order valence-corrected chi connectivity index (χ1v) is 11.1. The number of nitrogen functional groups attached to an aromatic ring is 1. The second-order valence-electron chi connectivity index (χ2n) is 7.08. The number of rotatable bonds is 7. The highest BCUT2D eigenvalue weighted by Gasteiger charge is 2.26. The summed E-state index contributed by atoms with van der Waals surface area (Å²) in [6, 6.07) is 7.83. The van der Waals surface area contributed by atoms with Crippen LogP contribution in [0.5, 0.6) is 0 Å². The highest BCUT2D eigenvalue weighted by Crippen LogP contribution is 2.19. The normalized spacial score (nSPS) is 14.9.